The van der Waals surface area contributed by atoms with Crippen molar-refractivity contribution in [3.05, 3.63) is 28.7 Å². The normalized spacial score (nSPS) is 20.0. The van der Waals surface area contributed by atoms with Gasteiger partial charge in [0.1, 0.15) is 11.6 Å². The lowest BCUT2D eigenvalue weighted by Gasteiger charge is -2.37. The van der Waals surface area contributed by atoms with Gasteiger partial charge >= 0.3 is 0 Å². The molecule has 2 amide bonds. The van der Waals surface area contributed by atoms with Gasteiger partial charge in [-0.25, -0.2) is 15.0 Å². The predicted octanol–water partition coefficient (Wildman–Crippen LogP) is 3.26. The first-order valence-corrected chi connectivity index (χ1v) is 11.8. The van der Waals surface area contributed by atoms with Crippen molar-refractivity contribution < 1.29 is 9.59 Å². The third-order valence-corrected chi connectivity index (χ3v) is 6.94. The molecule has 0 spiro atoms. The molecule has 0 aromatic carbocycles. The van der Waals surface area contributed by atoms with E-state index in [0.717, 1.165) is 59.6 Å². The number of thiazole rings is 1. The van der Waals surface area contributed by atoms with Gasteiger partial charge in [0.15, 0.2) is 5.13 Å². The maximum atomic E-state index is 13.1. The summed E-state index contributed by atoms with van der Waals surface area (Å²) in [4.78, 5) is 43.5. The van der Waals surface area contributed by atoms with Crippen LogP contribution in [0.5, 0.6) is 0 Å². The van der Waals surface area contributed by atoms with Gasteiger partial charge in [-0.3, -0.25) is 9.59 Å². The van der Waals surface area contributed by atoms with Crippen LogP contribution in [0.1, 0.15) is 54.9 Å². The lowest BCUT2D eigenvalue weighted by molar-refractivity contribution is -0.141. The molecule has 1 N–H and O–H groups in total. The number of rotatable bonds is 4. The molecule has 4 heterocycles. The SMILES string of the molecule is CC(=O)N1CCC(C(=O)N2CCCC(c3nc(C)cc(Nc4ncc(C)s4)n3)C2)CC1. The Hall–Kier alpha value is -2.55. The Labute approximate surface area is 187 Å². The lowest BCUT2D eigenvalue weighted by Crippen LogP contribution is -2.46. The Balaban J connectivity index is 1.42. The number of carbonyl (C=O) groups excluding carboxylic acids is 2. The molecule has 0 bridgehead atoms. The van der Waals surface area contributed by atoms with Crippen molar-refractivity contribution in [3.8, 4) is 0 Å². The van der Waals surface area contributed by atoms with Gasteiger partial charge < -0.3 is 15.1 Å². The molecule has 4 rings (SSSR count). The molecule has 0 saturated carbocycles. The molecular formula is C22H30N6O2S. The Morgan fingerprint density at radius 1 is 1.10 bits per heavy atom. The number of anilines is 2. The second-order valence-corrected chi connectivity index (χ2v) is 9.79. The number of piperidine rings is 2. The molecule has 2 aromatic rings. The first kappa shape index (κ1) is 21.7. The van der Waals surface area contributed by atoms with Crippen molar-refractivity contribution in [1.82, 2.24) is 24.8 Å². The van der Waals surface area contributed by atoms with Gasteiger partial charge in [-0.2, -0.15) is 0 Å². The number of hydrogen-bond acceptors (Lipinski definition) is 7. The minimum atomic E-state index is 0.0122. The van der Waals surface area contributed by atoms with E-state index in [1.54, 1.807) is 18.3 Å². The summed E-state index contributed by atoms with van der Waals surface area (Å²) >= 11 is 1.59. The van der Waals surface area contributed by atoms with Crippen LogP contribution in [0.2, 0.25) is 0 Å². The van der Waals surface area contributed by atoms with Crippen LogP contribution in [0.3, 0.4) is 0 Å². The van der Waals surface area contributed by atoms with E-state index in [2.05, 4.69) is 15.3 Å². The third kappa shape index (κ3) is 5.20. The average molecular weight is 443 g/mol. The van der Waals surface area contributed by atoms with E-state index < -0.39 is 0 Å². The Kier molecular flexibility index (Phi) is 6.50. The van der Waals surface area contributed by atoms with E-state index in [9.17, 15) is 9.59 Å². The first-order valence-electron chi connectivity index (χ1n) is 11.0. The molecule has 2 aliphatic rings. The Bertz CT molecular complexity index is 953. The maximum Gasteiger partial charge on any atom is 0.225 e. The fraction of sp³-hybridized carbons (Fsp3) is 0.591. The average Bonchev–Trinajstić information content (AvgIpc) is 3.17. The van der Waals surface area contributed by atoms with E-state index in [0.29, 0.717) is 19.6 Å². The number of nitrogens with zero attached hydrogens (tertiary/aromatic N) is 5. The highest BCUT2D eigenvalue weighted by molar-refractivity contribution is 7.15. The van der Waals surface area contributed by atoms with Crippen LogP contribution in [0.4, 0.5) is 10.9 Å². The number of likely N-dealkylation sites (tertiary alicyclic amines) is 2. The van der Waals surface area contributed by atoms with Crippen LogP contribution in [0.15, 0.2) is 12.3 Å². The van der Waals surface area contributed by atoms with Crippen molar-refractivity contribution in [2.24, 2.45) is 5.92 Å². The topological polar surface area (TPSA) is 91.3 Å². The summed E-state index contributed by atoms with van der Waals surface area (Å²) in [6.07, 6.45) is 5.28. The zero-order valence-electron chi connectivity index (χ0n) is 18.4. The van der Waals surface area contributed by atoms with Crippen LogP contribution in [-0.4, -0.2) is 62.7 Å². The van der Waals surface area contributed by atoms with Crippen LogP contribution in [0, 0.1) is 19.8 Å². The summed E-state index contributed by atoms with van der Waals surface area (Å²) in [5, 5.41) is 4.11. The number of nitrogens with one attached hydrogen (secondary N) is 1. The van der Waals surface area contributed by atoms with Crippen molar-refractivity contribution in [1.29, 1.82) is 0 Å². The Morgan fingerprint density at radius 3 is 2.55 bits per heavy atom. The lowest BCUT2D eigenvalue weighted by atomic mass is 9.92. The second-order valence-electron chi connectivity index (χ2n) is 8.56. The monoisotopic (exact) mass is 442 g/mol. The molecular weight excluding hydrogens is 412 g/mol. The van der Waals surface area contributed by atoms with Gasteiger partial charge in [0.25, 0.3) is 0 Å². The van der Waals surface area contributed by atoms with Gasteiger partial charge in [0.2, 0.25) is 11.8 Å². The third-order valence-electron chi connectivity index (χ3n) is 6.12. The van der Waals surface area contributed by atoms with Gasteiger partial charge in [-0.05, 0) is 39.5 Å². The molecule has 2 saturated heterocycles. The molecule has 0 radical (unpaired) electrons. The summed E-state index contributed by atoms with van der Waals surface area (Å²) in [6.45, 7) is 8.39. The van der Waals surface area contributed by atoms with E-state index in [-0.39, 0.29) is 23.7 Å². The van der Waals surface area contributed by atoms with Crippen molar-refractivity contribution in [3.63, 3.8) is 0 Å². The number of amides is 2. The summed E-state index contributed by atoms with van der Waals surface area (Å²) in [6, 6.07) is 1.93. The van der Waals surface area contributed by atoms with E-state index in [4.69, 9.17) is 4.98 Å². The molecule has 2 aliphatic heterocycles. The van der Waals surface area contributed by atoms with Crippen molar-refractivity contribution in [2.45, 2.75) is 52.4 Å². The second kappa shape index (κ2) is 9.30. The molecule has 0 aliphatic carbocycles. The summed E-state index contributed by atoms with van der Waals surface area (Å²) in [5.41, 5.74) is 0.904. The van der Waals surface area contributed by atoms with Crippen LogP contribution in [0.25, 0.3) is 0 Å². The molecule has 1 unspecified atom stereocenters. The van der Waals surface area contributed by atoms with E-state index >= 15 is 0 Å². The smallest absolute Gasteiger partial charge is 0.225 e. The molecule has 2 aromatic heterocycles. The highest BCUT2D eigenvalue weighted by Gasteiger charge is 2.33. The largest absolute Gasteiger partial charge is 0.343 e. The molecule has 1 atom stereocenters. The first-order chi connectivity index (χ1) is 14.9. The fourth-order valence-electron chi connectivity index (χ4n) is 4.45. The molecule has 31 heavy (non-hydrogen) atoms. The molecule has 8 nitrogen and oxygen atoms in total. The van der Waals surface area contributed by atoms with Crippen molar-refractivity contribution >= 4 is 34.1 Å². The zero-order valence-corrected chi connectivity index (χ0v) is 19.2. The number of carbonyl (C=O) groups is 2. The van der Waals surface area contributed by atoms with E-state index in [1.807, 2.05) is 35.9 Å². The van der Waals surface area contributed by atoms with Crippen LogP contribution in [-0.2, 0) is 9.59 Å². The standard InChI is InChI=1S/C22H30N6O2S/c1-14-11-19(26-22-23-12-15(2)31-22)25-20(24-14)18-5-4-8-28(13-18)21(30)17-6-9-27(10-7-17)16(3)29/h11-12,17-18H,4-10,13H2,1-3H3,(H,23,24,25,26). The minimum absolute atomic E-state index is 0.0122. The van der Waals surface area contributed by atoms with Gasteiger partial charge in [0.05, 0.1) is 0 Å². The van der Waals surface area contributed by atoms with E-state index in [1.165, 1.54) is 0 Å². The predicted molar refractivity (Wildman–Crippen MR) is 120 cm³/mol. The molecule has 166 valence electrons. The zero-order chi connectivity index (χ0) is 22.0. The maximum absolute atomic E-state index is 13.1. The molecule has 9 heteroatoms. The Morgan fingerprint density at radius 2 is 1.87 bits per heavy atom. The summed E-state index contributed by atoms with van der Waals surface area (Å²) in [5.74, 6) is 2.00. The highest BCUT2D eigenvalue weighted by Crippen LogP contribution is 2.29. The minimum Gasteiger partial charge on any atom is -0.343 e. The fourth-order valence-corrected chi connectivity index (χ4v) is 5.12. The summed E-state index contributed by atoms with van der Waals surface area (Å²) in [7, 11) is 0. The number of hydrogen-bond donors (Lipinski definition) is 1. The summed E-state index contributed by atoms with van der Waals surface area (Å²) < 4.78 is 0. The number of aromatic nitrogens is 3. The van der Waals surface area contributed by atoms with Crippen LogP contribution >= 0.6 is 11.3 Å². The van der Waals surface area contributed by atoms with Crippen molar-refractivity contribution in [2.75, 3.05) is 31.5 Å². The van der Waals surface area contributed by atoms with Gasteiger partial charge in [-0.15, -0.1) is 11.3 Å². The highest BCUT2D eigenvalue weighted by atomic mass is 32.1. The van der Waals surface area contributed by atoms with Gasteiger partial charge in [0, 0.05) is 67.8 Å². The van der Waals surface area contributed by atoms with Crippen LogP contribution < -0.4 is 5.32 Å². The van der Waals surface area contributed by atoms with Gasteiger partial charge in [-0.1, -0.05) is 0 Å². The number of aryl methyl sites for hydroxylation is 2. The molecule has 2 fully saturated rings. The quantitative estimate of drug-likeness (QED) is 0.782.